The van der Waals surface area contributed by atoms with Gasteiger partial charge in [-0.25, -0.2) is 4.39 Å². The summed E-state index contributed by atoms with van der Waals surface area (Å²) in [5.74, 6) is -0.587. The minimum Gasteiger partial charge on any atom is -0.343 e. The Bertz CT molecular complexity index is 866. The van der Waals surface area contributed by atoms with E-state index in [1.807, 2.05) is 24.4 Å². The van der Waals surface area contributed by atoms with Crippen molar-refractivity contribution in [3.05, 3.63) is 69.1 Å². The summed E-state index contributed by atoms with van der Waals surface area (Å²) < 4.78 is 15.1. The fourth-order valence-electron chi connectivity index (χ4n) is 2.26. The molecule has 7 heteroatoms. The van der Waals surface area contributed by atoms with Gasteiger partial charge in [0.2, 0.25) is 0 Å². The third kappa shape index (κ3) is 3.25. The molecular formula is C16H14FN3OS2. The molecule has 3 rings (SSSR count). The van der Waals surface area contributed by atoms with Gasteiger partial charge in [-0.15, -0.1) is 11.3 Å². The molecule has 118 valence electrons. The molecule has 1 amide bonds. The number of amides is 1. The van der Waals surface area contributed by atoms with Gasteiger partial charge in [0.1, 0.15) is 11.5 Å². The maximum Gasteiger partial charge on any atom is 0.270 e. The molecule has 0 saturated heterocycles. The molecule has 0 aliphatic heterocycles. The van der Waals surface area contributed by atoms with Crippen molar-refractivity contribution >= 4 is 29.5 Å². The highest BCUT2D eigenvalue weighted by Gasteiger charge is 2.17. The summed E-state index contributed by atoms with van der Waals surface area (Å²) in [5.41, 5.74) is 1.01. The zero-order chi connectivity index (χ0) is 16.4. The Kier molecular flexibility index (Phi) is 4.40. The summed E-state index contributed by atoms with van der Waals surface area (Å²) in [7, 11) is 0. The molecule has 0 aliphatic rings. The lowest BCUT2D eigenvalue weighted by Gasteiger charge is -2.13. The molecule has 4 nitrogen and oxygen atoms in total. The molecule has 1 aromatic carbocycles. The maximum atomic E-state index is 13.1. The van der Waals surface area contributed by atoms with E-state index in [1.54, 1.807) is 34.2 Å². The van der Waals surface area contributed by atoms with Crippen LogP contribution >= 0.6 is 23.6 Å². The summed E-state index contributed by atoms with van der Waals surface area (Å²) in [6.07, 6.45) is 1.56. The first kappa shape index (κ1) is 15.6. The Hall–Kier alpha value is -2.25. The normalized spacial score (nSPS) is 12.1. The maximum absolute atomic E-state index is 13.1. The molecule has 0 bridgehead atoms. The molecule has 0 spiro atoms. The number of aromatic amines is 1. The van der Waals surface area contributed by atoms with Crippen LogP contribution in [0.15, 0.2) is 48.0 Å². The number of H-pyrrole nitrogens is 1. The predicted octanol–water partition coefficient (Wildman–Crippen LogP) is 4.23. The van der Waals surface area contributed by atoms with Gasteiger partial charge >= 0.3 is 0 Å². The van der Waals surface area contributed by atoms with Crippen LogP contribution in [0.5, 0.6) is 0 Å². The molecule has 23 heavy (non-hydrogen) atoms. The number of nitrogens with one attached hydrogen (secondary N) is 2. The largest absolute Gasteiger partial charge is 0.343 e. The van der Waals surface area contributed by atoms with Crippen LogP contribution in [-0.4, -0.2) is 15.5 Å². The van der Waals surface area contributed by atoms with Gasteiger partial charge in [0.05, 0.1) is 6.04 Å². The first-order chi connectivity index (χ1) is 11.1. The summed E-state index contributed by atoms with van der Waals surface area (Å²) in [5, 5.41) is 4.91. The number of benzene rings is 1. The highest BCUT2D eigenvalue weighted by Crippen LogP contribution is 2.19. The predicted molar refractivity (Wildman–Crippen MR) is 91.1 cm³/mol. The number of carbonyl (C=O) groups is 1. The molecule has 0 aliphatic carbocycles. The summed E-state index contributed by atoms with van der Waals surface area (Å²) >= 11 is 6.82. The SMILES string of the molecule is CC(NC(=O)c1c[nH]c(=S)n1-c1ccc(F)cc1)c1cccs1. The van der Waals surface area contributed by atoms with Crippen molar-refractivity contribution in [1.29, 1.82) is 0 Å². The smallest absolute Gasteiger partial charge is 0.270 e. The molecule has 2 N–H and O–H groups in total. The minimum atomic E-state index is -0.340. The first-order valence-electron chi connectivity index (χ1n) is 6.97. The molecular weight excluding hydrogens is 333 g/mol. The number of nitrogens with zero attached hydrogens (tertiary/aromatic N) is 1. The van der Waals surface area contributed by atoms with Crippen molar-refractivity contribution in [3.8, 4) is 5.69 Å². The van der Waals surface area contributed by atoms with Crippen LogP contribution in [0.3, 0.4) is 0 Å². The van der Waals surface area contributed by atoms with E-state index < -0.39 is 0 Å². The Labute approximate surface area is 141 Å². The molecule has 2 aromatic heterocycles. The van der Waals surface area contributed by atoms with Gasteiger partial charge in [0.25, 0.3) is 5.91 Å². The lowest BCUT2D eigenvalue weighted by molar-refractivity contribution is 0.0933. The lowest BCUT2D eigenvalue weighted by Crippen LogP contribution is -2.28. The average molecular weight is 347 g/mol. The van der Waals surface area contributed by atoms with Crippen molar-refractivity contribution in [1.82, 2.24) is 14.9 Å². The Morgan fingerprint density at radius 3 is 2.74 bits per heavy atom. The molecule has 1 unspecified atom stereocenters. The van der Waals surface area contributed by atoms with Crippen LogP contribution < -0.4 is 5.32 Å². The number of rotatable bonds is 4. The number of aromatic nitrogens is 2. The number of carbonyl (C=O) groups excluding carboxylic acids is 1. The number of thiophene rings is 1. The summed E-state index contributed by atoms with van der Waals surface area (Å²) in [6, 6.07) is 9.64. The number of halogens is 1. The van der Waals surface area contributed by atoms with Crippen molar-refractivity contribution in [2.24, 2.45) is 0 Å². The van der Waals surface area contributed by atoms with Gasteiger partial charge in [-0.2, -0.15) is 0 Å². The van der Waals surface area contributed by atoms with E-state index >= 15 is 0 Å². The molecule has 0 saturated carbocycles. The fraction of sp³-hybridized carbons (Fsp3) is 0.125. The van der Waals surface area contributed by atoms with E-state index in [4.69, 9.17) is 12.2 Å². The second-order valence-corrected chi connectivity index (χ2v) is 6.37. The zero-order valence-corrected chi connectivity index (χ0v) is 13.9. The van der Waals surface area contributed by atoms with E-state index in [1.165, 1.54) is 12.1 Å². The van der Waals surface area contributed by atoms with Gasteiger partial charge < -0.3 is 10.3 Å². The van der Waals surface area contributed by atoms with Gasteiger partial charge in [0.15, 0.2) is 4.77 Å². The van der Waals surface area contributed by atoms with Crippen LogP contribution in [0.4, 0.5) is 4.39 Å². The lowest BCUT2D eigenvalue weighted by atomic mass is 10.2. The fourth-order valence-corrected chi connectivity index (χ4v) is 3.26. The van der Waals surface area contributed by atoms with E-state index in [9.17, 15) is 9.18 Å². The van der Waals surface area contributed by atoms with Crippen LogP contribution in [0.2, 0.25) is 0 Å². The van der Waals surface area contributed by atoms with Crippen LogP contribution in [0, 0.1) is 10.6 Å². The Morgan fingerprint density at radius 2 is 2.09 bits per heavy atom. The number of hydrogen-bond donors (Lipinski definition) is 2. The average Bonchev–Trinajstić information content (AvgIpc) is 3.18. The van der Waals surface area contributed by atoms with E-state index in [0.717, 1.165) is 4.88 Å². The van der Waals surface area contributed by atoms with Gasteiger partial charge in [-0.05, 0) is 54.9 Å². The summed E-state index contributed by atoms with van der Waals surface area (Å²) in [6.45, 7) is 1.92. The quantitative estimate of drug-likeness (QED) is 0.694. The topological polar surface area (TPSA) is 49.8 Å². The standard InChI is InChI=1S/C16H14FN3OS2/c1-10(14-3-2-8-23-14)19-15(21)13-9-18-16(22)20(13)12-6-4-11(17)5-7-12/h2-10H,1H3,(H,18,22)(H,19,21). The van der Waals surface area contributed by atoms with Crippen LogP contribution in [-0.2, 0) is 0 Å². The first-order valence-corrected chi connectivity index (χ1v) is 8.25. The van der Waals surface area contributed by atoms with Gasteiger partial charge in [0, 0.05) is 16.8 Å². The van der Waals surface area contributed by atoms with Crippen molar-refractivity contribution in [2.75, 3.05) is 0 Å². The second-order valence-electron chi connectivity index (χ2n) is 5.00. The highest BCUT2D eigenvalue weighted by atomic mass is 32.1. The third-order valence-corrected chi connectivity index (χ3v) is 4.77. The van der Waals surface area contributed by atoms with Crippen LogP contribution in [0.1, 0.15) is 28.3 Å². The number of hydrogen-bond acceptors (Lipinski definition) is 3. The highest BCUT2D eigenvalue weighted by molar-refractivity contribution is 7.71. The Balaban J connectivity index is 1.90. The van der Waals surface area contributed by atoms with Gasteiger partial charge in [-0.1, -0.05) is 6.07 Å². The van der Waals surface area contributed by atoms with Crippen molar-refractivity contribution in [3.63, 3.8) is 0 Å². The van der Waals surface area contributed by atoms with Crippen molar-refractivity contribution in [2.45, 2.75) is 13.0 Å². The Morgan fingerprint density at radius 1 is 1.35 bits per heavy atom. The van der Waals surface area contributed by atoms with Crippen molar-refractivity contribution < 1.29 is 9.18 Å². The molecule has 2 heterocycles. The molecule has 0 fully saturated rings. The van der Waals surface area contributed by atoms with E-state index in [0.29, 0.717) is 16.2 Å². The molecule has 1 atom stereocenters. The zero-order valence-electron chi connectivity index (χ0n) is 12.2. The summed E-state index contributed by atoms with van der Waals surface area (Å²) in [4.78, 5) is 16.5. The molecule has 3 aromatic rings. The van der Waals surface area contributed by atoms with Gasteiger partial charge in [-0.3, -0.25) is 9.36 Å². The molecule has 0 radical (unpaired) electrons. The second kappa shape index (κ2) is 6.47. The monoisotopic (exact) mass is 347 g/mol. The van der Waals surface area contributed by atoms with E-state index in [2.05, 4.69) is 10.3 Å². The minimum absolute atomic E-state index is 0.104. The van der Waals surface area contributed by atoms with E-state index in [-0.39, 0.29) is 17.8 Å². The third-order valence-electron chi connectivity index (χ3n) is 3.41. The van der Waals surface area contributed by atoms with Crippen LogP contribution in [0.25, 0.3) is 5.69 Å². The number of imidazole rings is 1.